The van der Waals surface area contributed by atoms with Gasteiger partial charge in [0.15, 0.2) is 5.84 Å². The van der Waals surface area contributed by atoms with E-state index in [0.717, 1.165) is 38.5 Å². The van der Waals surface area contributed by atoms with E-state index in [-0.39, 0.29) is 22.4 Å². The summed E-state index contributed by atoms with van der Waals surface area (Å²) < 4.78 is -0.323. The van der Waals surface area contributed by atoms with E-state index >= 15 is 0 Å². The number of piperidine rings is 1. The van der Waals surface area contributed by atoms with E-state index < -0.39 is 0 Å². The summed E-state index contributed by atoms with van der Waals surface area (Å²) in [4.78, 5) is 14.5. The number of oxime groups is 1. The van der Waals surface area contributed by atoms with Gasteiger partial charge in [0, 0.05) is 19.0 Å². The second kappa shape index (κ2) is 8.51. The van der Waals surface area contributed by atoms with Crippen LogP contribution in [0.2, 0.25) is 0 Å². The van der Waals surface area contributed by atoms with E-state index in [1.54, 1.807) is 11.8 Å². The average Bonchev–Trinajstić information content (AvgIpc) is 2.54. The second-order valence-corrected chi connectivity index (χ2v) is 6.95. The van der Waals surface area contributed by atoms with E-state index in [2.05, 4.69) is 19.0 Å². The normalized spacial score (nSPS) is 20.3. The molecule has 1 amide bonds. The lowest BCUT2D eigenvalue weighted by molar-refractivity contribution is -0.136. The van der Waals surface area contributed by atoms with Crippen LogP contribution in [0.1, 0.15) is 52.4 Å². The van der Waals surface area contributed by atoms with Crippen LogP contribution in [0, 0.1) is 5.92 Å². The molecule has 1 fully saturated rings. The topological polar surface area (TPSA) is 78.9 Å². The molecule has 5 nitrogen and oxygen atoms in total. The number of nitrogens with two attached hydrogens (primary N) is 1. The largest absolute Gasteiger partial charge is 0.409 e. The molecule has 0 aromatic rings. The lowest BCUT2D eigenvalue weighted by Crippen LogP contribution is -2.52. The Hall–Kier alpha value is -0.910. The Kier molecular flexibility index (Phi) is 7.35. The summed E-state index contributed by atoms with van der Waals surface area (Å²) in [6, 6.07) is 0. The van der Waals surface area contributed by atoms with E-state index in [4.69, 9.17) is 10.9 Å². The molecule has 3 N–H and O–H groups in total. The average molecular weight is 315 g/mol. The van der Waals surface area contributed by atoms with Gasteiger partial charge in [-0.3, -0.25) is 4.79 Å². The summed E-state index contributed by atoms with van der Waals surface area (Å²) in [5.74, 6) is 0.705. The van der Waals surface area contributed by atoms with Crippen LogP contribution in [0.15, 0.2) is 5.16 Å². The van der Waals surface area contributed by atoms with Crippen molar-refractivity contribution >= 4 is 23.5 Å². The molecule has 1 aliphatic heterocycles. The van der Waals surface area contributed by atoms with Gasteiger partial charge in [-0.2, -0.15) is 11.8 Å². The zero-order valence-corrected chi connectivity index (χ0v) is 14.3. The van der Waals surface area contributed by atoms with Gasteiger partial charge >= 0.3 is 0 Å². The number of thioether (sulfide) groups is 1. The number of amidine groups is 1. The molecule has 1 heterocycles. The Bertz CT molecular complexity index is 366. The van der Waals surface area contributed by atoms with Crippen molar-refractivity contribution in [1.82, 2.24) is 4.90 Å². The maximum atomic E-state index is 12.6. The van der Waals surface area contributed by atoms with Gasteiger partial charge in [-0.15, -0.1) is 0 Å². The van der Waals surface area contributed by atoms with Crippen molar-refractivity contribution in [2.45, 2.75) is 57.1 Å². The third kappa shape index (κ3) is 4.28. The number of likely N-dealkylation sites (tertiary alicyclic amines) is 1. The quantitative estimate of drug-likeness (QED) is 0.328. The maximum Gasteiger partial charge on any atom is 0.225 e. The molecule has 0 saturated carbocycles. The van der Waals surface area contributed by atoms with Crippen LogP contribution in [-0.4, -0.2) is 45.9 Å². The van der Waals surface area contributed by atoms with Crippen molar-refractivity contribution in [3.63, 3.8) is 0 Å². The predicted octanol–water partition coefficient (Wildman–Crippen LogP) is 2.67. The minimum absolute atomic E-state index is 0.149. The Morgan fingerprint density at radius 3 is 2.48 bits per heavy atom. The zero-order chi connectivity index (χ0) is 15.9. The molecular weight excluding hydrogens is 286 g/mol. The monoisotopic (exact) mass is 315 g/mol. The van der Waals surface area contributed by atoms with Crippen molar-refractivity contribution in [1.29, 1.82) is 0 Å². The van der Waals surface area contributed by atoms with Crippen LogP contribution in [0.25, 0.3) is 0 Å². The molecule has 0 aromatic carbocycles. The van der Waals surface area contributed by atoms with Crippen LogP contribution in [-0.2, 0) is 4.79 Å². The highest BCUT2D eigenvalue weighted by atomic mass is 32.2. The molecule has 1 saturated heterocycles. The van der Waals surface area contributed by atoms with Gasteiger partial charge in [-0.1, -0.05) is 31.8 Å². The predicted molar refractivity (Wildman–Crippen MR) is 88.8 cm³/mol. The molecule has 0 aliphatic carbocycles. The lowest BCUT2D eigenvalue weighted by Gasteiger charge is -2.40. The minimum Gasteiger partial charge on any atom is -0.409 e. The molecule has 1 rings (SSSR count). The summed E-state index contributed by atoms with van der Waals surface area (Å²) >= 11 is 1.61. The maximum absolute atomic E-state index is 12.6. The summed E-state index contributed by atoms with van der Waals surface area (Å²) in [6.07, 6.45) is 7.60. The van der Waals surface area contributed by atoms with Crippen LogP contribution >= 0.6 is 11.8 Å². The Morgan fingerprint density at radius 1 is 1.43 bits per heavy atom. The lowest BCUT2D eigenvalue weighted by atomic mass is 9.92. The molecule has 122 valence electrons. The molecule has 0 bridgehead atoms. The number of rotatable bonds is 7. The van der Waals surface area contributed by atoms with E-state index in [9.17, 15) is 4.79 Å². The van der Waals surface area contributed by atoms with Gasteiger partial charge in [-0.05, 0) is 31.9 Å². The van der Waals surface area contributed by atoms with Crippen molar-refractivity contribution in [3.05, 3.63) is 0 Å². The van der Waals surface area contributed by atoms with Gasteiger partial charge < -0.3 is 15.8 Å². The van der Waals surface area contributed by atoms with E-state index in [1.165, 1.54) is 0 Å². The minimum atomic E-state index is -0.323. The molecule has 0 aromatic heterocycles. The highest BCUT2D eigenvalue weighted by Crippen LogP contribution is 2.35. The molecule has 0 spiro atoms. The number of hydrogen-bond donors (Lipinski definition) is 2. The first-order valence-electron chi connectivity index (χ1n) is 7.86. The summed E-state index contributed by atoms with van der Waals surface area (Å²) in [5.41, 5.74) is 5.84. The van der Waals surface area contributed by atoms with Gasteiger partial charge in [0.2, 0.25) is 5.91 Å². The van der Waals surface area contributed by atoms with Crippen molar-refractivity contribution in [3.8, 4) is 0 Å². The van der Waals surface area contributed by atoms with E-state index in [0.29, 0.717) is 13.1 Å². The van der Waals surface area contributed by atoms with Gasteiger partial charge in [0.05, 0.1) is 4.75 Å². The van der Waals surface area contributed by atoms with Crippen molar-refractivity contribution in [2.75, 3.05) is 19.3 Å². The standard InChI is InChI=1S/C15H29N3O2S/c1-4-6-7-12(5-2)13(19)18-10-8-15(21-3,9-11-18)14(16)17-20/h12,20H,4-11H2,1-3H3,(H2,16,17). The third-order valence-corrected chi connectivity index (χ3v) is 6.00. The van der Waals surface area contributed by atoms with Crippen molar-refractivity contribution in [2.24, 2.45) is 16.8 Å². The SMILES string of the molecule is CCCCC(CC)C(=O)N1CCC(SC)(C(N)=NO)CC1. The summed E-state index contributed by atoms with van der Waals surface area (Å²) in [5, 5.41) is 12.1. The zero-order valence-electron chi connectivity index (χ0n) is 13.5. The number of nitrogens with zero attached hydrogens (tertiary/aromatic N) is 2. The number of unbranched alkanes of at least 4 members (excludes halogenated alkanes) is 1. The van der Waals surface area contributed by atoms with Crippen LogP contribution in [0.3, 0.4) is 0 Å². The van der Waals surface area contributed by atoms with Gasteiger partial charge in [-0.25, -0.2) is 0 Å². The number of amides is 1. The summed E-state index contributed by atoms with van der Waals surface area (Å²) in [6.45, 7) is 5.63. The Morgan fingerprint density at radius 2 is 2.05 bits per heavy atom. The first-order chi connectivity index (χ1) is 10.0. The number of hydrogen-bond acceptors (Lipinski definition) is 4. The molecule has 1 unspecified atom stereocenters. The highest BCUT2D eigenvalue weighted by molar-refractivity contribution is 8.00. The highest BCUT2D eigenvalue weighted by Gasteiger charge is 2.40. The Balaban J connectivity index is 2.64. The van der Waals surface area contributed by atoms with Crippen LogP contribution in [0.4, 0.5) is 0 Å². The molecule has 1 atom stereocenters. The fourth-order valence-electron chi connectivity index (χ4n) is 2.96. The first kappa shape index (κ1) is 18.1. The molecule has 21 heavy (non-hydrogen) atoms. The number of carbonyl (C=O) groups excluding carboxylic acids is 1. The van der Waals surface area contributed by atoms with E-state index in [1.807, 2.05) is 11.2 Å². The second-order valence-electron chi connectivity index (χ2n) is 5.76. The van der Waals surface area contributed by atoms with Crippen LogP contribution in [0.5, 0.6) is 0 Å². The fourth-order valence-corrected chi connectivity index (χ4v) is 3.80. The van der Waals surface area contributed by atoms with Crippen LogP contribution < -0.4 is 5.73 Å². The molecule has 1 aliphatic rings. The molecule has 6 heteroatoms. The Labute approximate surface area is 132 Å². The molecular formula is C15H29N3O2S. The smallest absolute Gasteiger partial charge is 0.225 e. The van der Waals surface area contributed by atoms with Gasteiger partial charge in [0.1, 0.15) is 0 Å². The van der Waals surface area contributed by atoms with Gasteiger partial charge in [0.25, 0.3) is 0 Å². The third-order valence-electron chi connectivity index (χ3n) is 4.60. The first-order valence-corrected chi connectivity index (χ1v) is 9.09. The fraction of sp³-hybridized carbons (Fsp3) is 0.867. The number of carbonyl (C=O) groups is 1. The molecule has 0 radical (unpaired) electrons. The summed E-state index contributed by atoms with van der Waals surface area (Å²) in [7, 11) is 0. The van der Waals surface area contributed by atoms with Crippen molar-refractivity contribution < 1.29 is 10.0 Å².